The van der Waals surface area contributed by atoms with E-state index in [0.717, 1.165) is 57.4 Å². The Morgan fingerprint density at radius 1 is 1.23 bits per heavy atom. The monoisotopic (exact) mass is 366 g/mol. The van der Waals surface area contributed by atoms with Crippen LogP contribution in [0, 0.1) is 11.8 Å². The van der Waals surface area contributed by atoms with Crippen molar-refractivity contribution in [3.8, 4) is 0 Å². The van der Waals surface area contributed by atoms with Crippen LogP contribution in [0.1, 0.15) is 46.5 Å². The molecule has 2 amide bonds. The van der Waals surface area contributed by atoms with Crippen LogP contribution in [0.3, 0.4) is 0 Å². The van der Waals surface area contributed by atoms with Gasteiger partial charge in [0.25, 0.3) is 0 Å². The van der Waals surface area contributed by atoms with Gasteiger partial charge in [-0.2, -0.15) is 0 Å². The molecule has 26 heavy (non-hydrogen) atoms. The van der Waals surface area contributed by atoms with Crippen molar-refractivity contribution < 1.29 is 4.79 Å². The molecule has 1 atom stereocenters. The number of carbonyl (C=O) groups excluding carboxylic acids is 1. The highest BCUT2D eigenvalue weighted by Gasteiger charge is 2.23. The highest BCUT2D eigenvalue weighted by Crippen LogP contribution is 2.18. The first-order valence-electron chi connectivity index (χ1n) is 10.3. The Morgan fingerprint density at radius 3 is 2.58 bits per heavy atom. The van der Waals surface area contributed by atoms with Gasteiger partial charge in [0.1, 0.15) is 0 Å². The maximum atomic E-state index is 11.2. The molecule has 2 aliphatic heterocycles. The largest absolute Gasteiger partial charge is 0.357 e. The quantitative estimate of drug-likeness (QED) is 0.491. The van der Waals surface area contributed by atoms with E-state index in [1.165, 1.54) is 25.9 Å². The fraction of sp³-hybridized carbons (Fsp3) is 0.895. The van der Waals surface area contributed by atoms with E-state index < -0.39 is 0 Å². The molecule has 4 N–H and O–H groups in total. The zero-order valence-electron chi connectivity index (χ0n) is 16.8. The number of nitrogens with one attached hydrogen (secondary N) is 2. The van der Waals surface area contributed by atoms with E-state index in [1.54, 1.807) is 4.90 Å². The van der Waals surface area contributed by atoms with Crippen LogP contribution in [0.4, 0.5) is 4.79 Å². The van der Waals surface area contributed by atoms with Gasteiger partial charge in [0.2, 0.25) is 0 Å². The van der Waals surface area contributed by atoms with E-state index in [2.05, 4.69) is 36.3 Å². The third-order valence-electron chi connectivity index (χ3n) is 5.23. The summed E-state index contributed by atoms with van der Waals surface area (Å²) in [7, 11) is 0. The van der Waals surface area contributed by atoms with E-state index in [9.17, 15) is 4.79 Å². The van der Waals surface area contributed by atoms with Gasteiger partial charge in [-0.1, -0.05) is 13.8 Å². The summed E-state index contributed by atoms with van der Waals surface area (Å²) in [5.74, 6) is 2.28. The second-order valence-corrected chi connectivity index (χ2v) is 8.13. The summed E-state index contributed by atoms with van der Waals surface area (Å²) in [5.41, 5.74) is 5.36. The summed E-state index contributed by atoms with van der Waals surface area (Å²) in [6, 6.07) is 0.0412. The normalized spacial score (nSPS) is 23.3. The third-order valence-corrected chi connectivity index (χ3v) is 5.23. The number of hydrogen-bond acceptors (Lipinski definition) is 3. The molecular formula is C19H38N6O. The van der Waals surface area contributed by atoms with Crippen LogP contribution in [0.25, 0.3) is 0 Å². The maximum absolute atomic E-state index is 11.2. The number of hydrogen-bond donors (Lipinski definition) is 3. The first kappa shape index (κ1) is 20.8. The van der Waals surface area contributed by atoms with E-state index >= 15 is 0 Å². The highest BCUT2D eigenvalue weighted by molar-refractivity contribution is 5.80. The molecule has 1 unspecified atom stereocenters. The van der Waals surface area contributed by atoms with Crippen LogP contribution >= 0.6 is 0 Å². The average Bonchev–Trinajstić information content (AvgIpc) is 2.60. The standard InChI is InChI=1S/C19H38N6O/c1-4-21-19(23-17-7-10-25(11-8-17)18(20)26)22-12-16-6-5-9-24(14-16)13-15(2)3/h15-17H,4-14H2,1-3H3,(H2,20,26)(H2,21,22,23). The molecule has 0 aromatic rings. The fourth-order valence-corrected chi connectivity index (χ4v) is 3.96. The molecule has 0 aromatic heterocycles. The molecule has 0 radical (unpaired) electrons. The van der Waals surface area contributed by atoms with Crippen molar-refractivity contribution in [1.82, 2.24) is 20.4 Å². The van der Waals surface area contributed by atoms with Gasteiger partial charge in [-0.05, 0) is 51.0 Å². The number of nitrogens with zero attached hydrogens (tertiary/aromatic N) is 3. The molecule has 7 heteroatoms. The van der Waals surface area contributed by atoms with Gasteiger partial charge in [-0.3, -0.25) is 4.99 Å². The van der Waals surface area contributed by atoms with Crippen molar-refractivity contribution in [3.05, 3.63) is 0 Å². The Labute approximate surface area is 158 Å². The molecular weight excluding hydrogens is 328 g/mol. The van der Waals surface area contributed by atoms with Crippen LogP contribution in [0.15, 0.2) is 4.99 Å². The molecule has 0 spiro atoms. The number of carbonyl (C=O) groups is 1. The average molecular weight is 367 g/mol. The van der Waals surface area contributed by atoms with Crippen LogP contribution in [0.2, 0.25) is 0 Å². The lowest BCUT2D eigenvalue weighted by atomic mass is 9.97. The molecule has 7 nitrogen and oxygen atoms in total. The number of urea groups is 1. The molecule has 0 saturated carbocycles. The van der Waals surface area contributed by atoms with Gasteiger partial charge in [0.05, 0.1) is 0 Å². The van der Waals surface area contributed by atoms with E-state index in [1.807, 2.05) is 0 Å². The van der Waals surface area contributed by atoms with Crippen LogP contribution in [-0.2, 0) is 0 Å². The number of nitrogens with two attached hydrogens (primary N) is 1. The van der Waals surface area contributed by atoms with E-state index in [4.69, 9.17) is 10.7 Å². The van der Waals surface area contributed by atoms with Gasteiger partial charge in [-0.25, -0.2) is 4.79 Å². The summed E-state index contributed by atoms with van der Waals surface area (Å²) in [6.07, 6.45) is 4.38. The summed E-state index contributed by atoms with van der Waals surface area (Å²) in [5, 5.41) is 6.91. The lowest BCUT2D eigenvalue weighted by Gasteiger charge is -2.34. The van der Waals surface area contributed by atoms with Crippen molar-refractivity contribution in [3.63, 3.8) is 0 Å². The zero-order valence-corrected chi connectivity index (χ0v) is 16.8. The van der Waals surface area contributed by atoms with Gasteiger partial charge < -0.3 is 26.2 Å². The first-order chi connectivity index (χ1) is 12.5. The Morgan fingerprint density at radius 2 is 1.96 bits per heavy atom. The van der Waals surface area contributed by atoms with Gasteiger partial charge in [-0.15, -0.1) is 0 Å². The third kappa shape index (κ3) is 7.02. The van der Waals surface area contributed by atoms with Crippen molar-refractivity contribution in [2.45, 2.75) is 52.5 Å². The Kier molecular flexibility index (Phi) is 8.48. The van der Waals surface area contributed by atoms with Crippen LogP contribution in [-0.4, -0.2) is 73.6 Å². The summed E-state index contributed by atoms with van der Waals surface area (Å²) >= 11 is 0. The SMILES string of the molecule is CCNC(=NCC1CCCN(CC(C)C)C1)NC1CCN(C(N)=O)CC1. The topological polar surface area (TPSA) is 86.0 Å². The number of piperidine rings is 2. The Balaban J connectivity index is 1.81. The number of likely N-dealkylation sites (tertiary alicyclic amines) is 2. The van der Waals surface area contributed by atoms with Gasteiger partial charge in [0, 0.05) is 45.3 Å². The smallest absolute Gasteiger partial charge is 0.314 e. The molecule has 0 aromatic carbocycles. The van der Waals surface area contributed by atoms with Gasteiger partial charge in [0.15, 0.2) is 5.96 Å². The summed E-state index contributed by atoms with van der Waals surface area (Å²) < 4.78 is 0. The van der Waals surface area contributed by atoms with Gasteiger partial charge >= 0.3 is 6.03 Å². The van der Waals surface area contributed by atoms with Crippen LogP contribution < -0.4 is 16.4 Å². The lowest BCUT2D eigenvalue weighted by molar-refractivity contribution is 0.162. The highest BCUT2D eigenvalue weighted by atomic mass is 16.2. The summed E-state index contributed by atoms with van der Waals surface area (Å²) in [6.45, 7) is 13.4. The minimum Gasteiger partial charge on any atom is -0.357 e. The number of rotatable bonds is 6. The number of primary amides is 1. The zero-order chi connectivity index (χ0) is 18.9. The Hall–Kier alpha value is -1.50. The molecule has 2 saturated heterocycles. The predicted octanol–water partition coefficient (Wildman–Crippen LogP) is 1.45. The fourth-order valence-electron chi connectivity index (χ4n) is 3.96. The number of guanidine groups is 1. The van der Waals surface area contributed by atoms with Crippen molar-refractivity contribution in [2.75, 3.05) is 45.8 Å². The maximum Gasteiger partial charge on any atom is 0.314 e. The summed E-state index contributed by atoms with van der Waals surface area (Å²) in [4.78, 5) is 20.4. The molecule has 0 bridgehead atoms. The molecule has 2 fully saturated rings. The predicted molar refractivity (Wildman–Crippen MR) is 107 cm³/mol. The lowest BCUT2D eigenvalue weighted by Crippen LogP contribution is -2.51. The number of amides is 2. The molecule has 0 aliphatic carbocycles. The van der Waals surface area contributed by atoms with Crippen molar-refractivity contribution >= 4 is 12.0 Å². The number of aliphatic imine (C=N–C) groups is 1. The second-order valence-electron chi connectivity index (χ2n) is 8.13. The minimum absolute atomic E-state index is 0.313. The van der Waals surface area contributed by atoms with E-state index in [-0.39, 0.29) is 6.03 Å². The second kappa shape index (κ2) is 10.6. The molecule has 2 aliphatic rings. The van der Waals surface area contributed by atoms with E-state index in [0.29, 0.717) is 12.0 Å². The molecule has 150 valence electrons. The minimum atomic E-state index is -0.313. The first-order valence-corrected chi connectivity index (χ1v) is 10.3. The molecule has 2 rings (SSSR count). The van der Waals surface area contributed by atoms with Crippen LogP contribution in [0.5, 0.6) is 0 Å². The Bertz CT molecular complexity index is 459. The van der Waals surface area contributed by atoms with Crippen molar-refractivity contribution in [2.24, 2.45) is 22.6 Å². The molecule has 2 heterocycles. The van der Waals surface area contributed by atoms with Crippen molar-refractivity contribution in [1.29, 1.82) is 0 Å².